The average molecular weight is 270 g/mol. The summed E-state index contributed by atoms with van der Waals surface area (Å²) >= 11 is 0. The molecule has 1 aromatic carbocycles. The Bertz CT molecular complexity index is 578. The molecule has 1 unspecified atom stereocenters. The maximum Gasteiger partial charge on any atom is 0.194 e. The SMILES string of the molecule is CNC(c1cc(F)c(F)c(F)c1)c1ccncc1F. The van der Waals surface area contributed by atoms with Gasteiger partial charge in [-0.2, -0.15) is 0 Å². The predicted molar refractivity (Wildman–Crippen MR) is 61.4 cm³/mol. The first-order valence-corrected chi connectivity index (χ1v) is 5.45. The second-order valence-corrected chi connectivity index (χ2v) is 3.92. The molecule has 6 heteroatoms. The third-order valence-corrected chi connectivity index (χ3v) is 2.74. The van der Waals surface area contributed by atoms with Crippen LogP contribution in [-0.2, 0) is 0 Å². The van der Waals surface area contributed by atoms with Crippen molar-refractivity contribution in [3.63, 3.8) is 0 Å². The summed E-state index contributed by atoms with van der Waals surface area (Å²) in [5.41, 5.74) is 0.256. The lowest BCUT2D eigenvalue weighted by atomic mass is 9.99. The van der Waals surface area contributed by atoms with E-state index < -0.39 is 29.3 Å². The van der Waals surface area contributed by atoms with Crippen LogP contribution >= 0.6 is 0 Å². The Morgan fingerprint density at radius 3 is 2.21 bits per heavy atom. The molecule has 0 saturated carbocycles. The van der Waals surface area contributed by atoms with E-state index in [9.17, 15) is 17.6 Å². The number of aromatic nitrogens is 1. The van der Waals surface area contributed by atoms with Crippen molar-refractivity contribution in [1.82, 2.24) is 10.3 Å². The largest absolute Gasteiger partial charge is 0.309 e. The molecule has 100 valence electrons. The van der Waals surface area contributed by atoms with Gasteiger partial charge >= 0.3 is 0 Å². The van der Waals surface area contributed by atoms with E-state index in [1.165, 1.54) is 19.3 Å². The summed E-state index contributed by atoms with van der Waals surface area (Å²) in [5, 5.41) is 2.73. The number of rotatable bonds is 3. The molecule has 2 nitrogen and oxygen atoms in total. The van der Waals surface area contributed by atoms with Crippen LogP contribution in [0.3, 0.4) is 0 Å². The molecular weight excluding hydrogens is 260 g/mol. The van der Waals surface area contributed by atoms with Crippen LogP contribution in [0.4, 0.5) is 17.6 Å². The Morgan fingerprint density at radius 2 is 1.68 bits per heavy atom. The van der Waals surface area contributed by atoms with Gasteiger partial charge in [-0.15, -0.1) is 0 Å². The van der Waals surface area contributed by atoms with Gasteiger partial charge in [-0.05, 0) is 30.8 Å². The van der Waals surface area contributed by atoms with Crippen LogP contribution in [0.1, 0.15) is 17.2 Å². The monoisotopic (exact) mass is 270 g/mol. The molecule has 0 amide bonds. The molecule has 0 aliphatic carbocycles. The minimum atomic E-state index is -1.55. The number of pyridine rings is 1. The molecule has 0 aliphatic rings. The van der Waals surface area contributed by atoms with Crippen molar-refractivity contribution in [3.8, 4) is 0 Å². The van der Waals surface area contributed by atoms with Gasteiger partial charge in [-0.25, -0.2) is 17.6 Å². The second-order valence-electron chi connectivity index (χ2n) is 3.92. The van der Waals surface area contributed by atoms with Crippen LogP contribution in [-0.4, -0.2) is 12.0 Å². The van der Waals surface area contributed by atoms with Crippen molar-refractivity contribution in [2.75, 3.05) is 7.05 Å². The van der Waals surface area contributed by atoms with Gasteiger partial charge in [0.05, 0.1) is 12.2 Å². The van der Waals surface area contributed by atoms with Crippen LogP contribution in [0.2, 0.25) is 0 Å². The van der Waals surface area contributed by atoms with E-state index in [1.54, 1.807) is 0 Å². The maximum absolute atomic E-state index is 13.6. The Labute approximate surface area is 107 Å². The van der Waals surface area contributed by atoms with Crippen LogP contribution in [0.25, 0.3) is 0 Å². The van der Waals surface area contributed by atoms with Gasteiger partial charge in [0.15, 0.2) is 17.5 Å². The smallest absolute Gasteiger partial charge is 0.194 e. The van der Waals surface area contributed by atoms with Gasteiger partial charge in [-0.3, -0.25) is 4.98 Å². The van der Waals surface area contributed by atoms with Crippen molar-refractivity contribution >= 4 is 0 Å². The molecule has 0 spiro atoms. The quantitative estimate of drug-likeness (QED) is 0.685. The van der Waals surface area contributed by atoms with Gasteiger partial charge in [0, 0.05) is 11.8 Å². The van der Waals surface area contributed by atoms with E-state index in [0.717, 1.165) is 18.3 Å². The zero-order chi connectivity index (χ0) is 14.0. The Kier molecular flexibility index (Phi) is 3.80. The first-order valence-electron chi connectivity index (χ1n) is 5.45. The van der Waals surface area contributed by atoms with Crippen molar-refractivity contribution in [1.29, 1.82) is 0 Å². The van der Waals surface area contributed by atoms with E-state index in [2.05, 4.69) is 10.3 Å². The van der Waals surface area contributed by atoms with E-state index in [1.807, 2.05) is 0 Å². The molecule has 1 N–H and O–H groups in total. The van der Waals surface area contributed by atoms with Gasteiger partial charge in [0.1, 0.15) is 5.82 Å². The predicted octanol–water partition coefficient (Wildman–Crippen LogP) is 2.95. The summed E-state index contributed by atoms with van der Waals surface area (Å²) in [6.07, 6.45) is 2.36. The molecule has 0 bridgehead atoms. The summed E-state index contributed by atoms with van der Waals surface area (Å²) in [7, 11) is 1.50. The summed E-state index contributed by atoms with van der Waals surface area (Å²) in [5.74, 6) is -4.80. The molecule has 0 saturated heterocycles. The highest BCUT2D eigenvalue weighted by molar-refractivity contribution is 5.32. The molecule has 0 aliphatic heterocycles. The number of benzene rings is 1. The van der Waals surface area contributed by atoms with Crippen LogP contribution in [0, 0.1) is 23.3 Å². The summed E-state index contributed by atoms with van der Waals surface area (Å²) in [4.78, 5) is 3.59. The second kappa shape index (κ2) is 5.36. The van der Waals surface area contributed by atoms with Crippen molar-refractivity contribution in [2.24, 2.45) is 0 Å². The maximum atomic E-state index is 13.6. The number of nitrogens with zero attached hydrogens (tertiary/aromatic N) is 1. The number of hydrogen-bond donors (Lipinski definition) is 1. The van der Waals surface area contributed by atoms with Crippen molar-refractivity contribution in [2.45, 2.75) is 6.04 Å². The molecule has 1 atom stereocenters. The van der Waals surface area contributed by atoms with E-state index in [4.69, 9.17) is 0 Å². The minimum absolute atomic E-state index is 0.0870. The lowest BCUT2D eigenvalue weighted by Gasteiger charge is -2.18. The molecular formula is C13H10F4N2. The summed E-state index contributed by atoms with van der Waals surface area (Å²) in [6.45, 7) is 0. The summed E-state index contributed by atoms with van der Waals surface area (Å²) in [6, 6.07) is 2.25. The van der Waals surface area contributed by atoms with Gasteiger partial charge in [-0.1, -0.05) is 0 Å². The van der Waals surface area contributed by atoms with Gasteiger partial charge in [0.2, 0.25) is 0 Å². The molecule has 19 heavy (non-hydrogen) atoms. The first kappa shape index (κ1) is 13.5. The third kappa shape index (κ3) is 2.58. The van der Waals surface area contributed by atoms with Crippen molar-refractivity contribution in [3.05, 3.63) is 65.0 Å². The van der Waals surface area contributed by atoms with Gasteiger partial charge in [0.25, 0.3) is 0 Å². The van der Waals surface area contributed by atoms with Gasteiger partial charge < -0.3 is 5.32 Å². The van der Waals surface area contributed by atoms with Crippen molar-refractivity contribution < 1.29 is 17.6 Å². The molecule has 0 radical (unpaired) electrons. The number of nitrogens with one attached hydrogen (secondary N) is 1. The highest BCUT2D eigenvalue weighted by atomic mass is 19.2. The molecule has 1 aromatic heterocycles. The molecule has 1 heterocycles. The molecule has 2 aromatic rings. The summed E-state index contributed by atoms with van der Waals surface area (Å²) < 4.78 is 52.9. The third-order valence-electron chi connectivity index (χ3n) is 2.74. The fourth-order valence-corrected chi connectivity index (χ4v) is 1.86. The standard InChI is InChI=1S/C13H10F4N2/c1-18-13(8-2-3-19-6-11(8)16)7-4-9(14)12(17)10(15)5-7/h2-6,13,18H,1H3. The molecule has 2 rings (SSSR count). The minimum Gasteiger partial charge on any atom is -0.309 e. The molecule has 0 fully saturated rings. The topological polar surface area (TPSA) is 24.9 Å². The zero-order valence-electron chi connectivity index (χ0n) is 9.92. The van der Waals surface area contributed by atoms with E-state index in [-0.39, 0.29) is 11.1 Å². The number of halogens is 4. The average Bonchev–Trinajstić information content (AvgIpc) is 2.39. The van der Waals surface area contributed by atoms with Crippen LogP contribution in [0.5, 0.6) is 0 Å². The zero-order valence-corrected chi connectivity index (χ0v) is 9.92. The fraction of sp³-hybridized carbons (Fsp3) is 0.154. The first-order chi connectivity index (χ1) is 9.04. The number of hydrogen-bond acceptors (Lipinski definition) is 2. The Balaban J connectivity index is 2.52. The normalized spacial score (nSPS) is 12.5. The van der Waals surface area contributed by atoms with Crippen LogP contribution < -0.4 is 5.32 Å². The van der Waals surface area contributed by atoms with Crippen LogP contribution in [0.15, 0.2) is 30.6 Å². The Morgan fingerprint density at radius 1 is 1.05 bits per heavy atom. The van der Waals surface area contributed by atoms with E-state index >= 15 is 0 Å². The lowest BCUT2D eigenvalue weighted by Crippen LogP contribution is -2.19. The highest BCUT2D eigenvalue weighted by Gasteiger charge is 2.20. The lowest BCUT2D eigenvalue weighted by molar-refractivity contribution is 0.442. The van der Waals surface area contributed by atoms with E-state index in [0.29, 0.717) is 0 Å². The highest BCUT2D eigenvalue weighted by Crippen LogP contribution is 2.26. The fourth-order valence-electron chi connectivity index (χ4n) is 1.86. The Hall–Kier alpha value is -1.95.